The van der Waals surface area contributed by atoms with Crippen LogP contribution in [-0.2, 0) is 0 Å². The van der Waals surface area contributed by atoms with Crippen molar-refractivity contribution in [2.45, 2.75) is 0 Å². The molecule has 11 heavy (non-hydrogen) atoms. The van der Waals surface area contributed by atoms with Gasteiger partial charge in [0.2, 0.25) is 12.3 Å². The number of rotatable bonds is 0. The normalized spacial score (nSPS) is 4.91. The summed E-state index contributed by atoms with van der Waals surface area (Å²) in [6.45, 7) is 0. The van der Waals surface area contributed by atoms with Crippen molar-refractivity contribution in [3.63, 3.8) is 0 Å². The molecule has 0 aliphatic rings. The predicted molar refractivity (Wildman–Crippen MR) is 27.1 cm³/mol. The standard InChI is InChI=1S/2CH2O3.Mg.H2O2/c2*2-1(3)4;;1-2/h2*(H2,2,3,4);;1-2H/q;;+2;/p-2. The SMILES string of the molecule is O=C([O-])O.O=C([O-])O.OO.[Mg+2]. The molecule has 0 atom stereocenters. The van der Waals surface area contributed by atoms with Gasteiger partial charge in [-0.3, -0.25) is 10.5 Å². The summed E-state index contributed by atoms with van der Waals surface area (Å²) in [6, 6.07) is 0. The molecule has 0 heterocycles. The van der Waals surface area contributed by atoms with Gasteiger partial charge in [0.1, 0.15) is 0 Å². The van der Waals surface area contributed by atoms with Gasteiger partial charge in [-0.05, 0) is 0 Å². The largest absolute Gasteiger partial charge is 2.00 e. The minimum Gasteiger partial charge on any atom is -0.565 e. The van der Waals surface area contributed by atoms with E-state index in [4.69, 9.17) is 40.5 Å². The monoisotopic (exact) mass is 180 g/mol. The van der Waals surface area contributed by atoms with Gasteiger partial charge in [0.15, 0.2) is 0 Å². The summed E-state index contributed by atoms with van der Waals surface area (Å²) in [6.07, 6.45) is -4.17. The third kappa shape index (κ3) is 805. The van der Waals surface area contributed by atoms with Crippen LogP contribution in [0.3, 0.4) is 0 Å². The van der Waals surface area contributed by atoms with E-state index in [-0.39, 0.29) is 23.1 Å². The fourth-order valence-electron chi connectivity index (χ4n) is 0. The smallest absolute Gasteiger partial charge is 0.565 e. The van der Waals surface area contributed by atoms with E-state index in [0.29, 0.717) is 0 Å². The van der Waals surface area contributed by atoms with Gasteiger partial charge < -0.3 is 30.0 Å². The molecule has 4 N–H and O–H groups in total. The molecule has 0 radical (unpaired) electrons. The average Bonchev–Trinajstić information content (AvgIpc) is 1.66. The Morgan fingerprint density at radius 1 is 0.909 bits per heavy atom. The van der Waals surface area contributed by atoms with Crippen molar-refractivity contribution < 1.29 is 40.5 Å². The number of hydrogen-bond donors (Lipinski definition) is 4. The molecule has 0 aromatic carbocycles. The second-order valence-corrected chi connectivity index (χ2v) is 0.532. The molecular formula is C2H4MgO8. The first-order chi connectivity index (χ1) is 4.46. The number of carboxylic acid groups (broad SMARTS) is 4. The van der Waals surface area contributed by atoms with Gasteiger partial charge in [0.25, 0.3) is 0 Å². The number of hydrogen-bond acceptors (Lipinski definition) is 6. The van der Waals surface area contributed by atoms with E-state index in [1.807, 2.05) is 0 Å². The summed E-state index contributed by atoms with van der Waals surface area (Å²) in [5.74, 6) is 0. The van der Waals surface area contributed by atoms with E-state index in [1.54, 1.807) is 0 Å². The van der Waals surface area contributed by atoms with Crippen molar-refractivity contribution in [3.05, 3.63) is 0 Å². The van der Waals surface area contributed by atoms with Crippen molar-refractivity contribution in [2.75, 3.05) is 0 Å². The van der Waals surface area contributed by atoms with Crippen molar-refractivity contribution in [3.8, 4) is 0 Å². The second-order valence-electron chi connectivity index (χ2n) is 0.532. The molecule has 0 saturated carbocycles. The van der Waals surface area contributed by atoms with E-state index in [1.165, 1.54) is 0 Å². The Bertz CT molecular complexity index is 70.1. The van der Waals surface area contributed by atoms with Crippen LogP contribution in [0, 0.1) is 0 Å². The first-order valence-corrected chi connectivity index (χ1v) is 1.46. The fraction of sp³-hybridized carbons (Fsp3) is 0. The first kappa shape index (κ1) is 22.5. The Kier molecular flexibility index (Phi) is 46.7. The van der Waals surface area contributed by atoms with E-state index in [9.17, 15) is 0 Å². The average molecular weight is 180 g/mol. The molecule has 0 fully saturated rings. The predicted octanol–water partition coefficient (Wildman–Crippen LogP) is -2.59. The topological polar surface area (TPSA) is 161 Å². The number of carbonyl (C=O) groups is 2. The molecule has 0 unspecified atom stereocenters. The van der Waals surface area contributed by atoms with E-state index in [2.05, 4.69) is 0 Å². The Hall–Kier alpha value is -0.774. The van der Waals surface area contributed by atoms with Crippen LogP contribution in [0.1, 0.15) is 0 Å². The Labute approximate surface area is 76.4 Å². The van der Waals surface area contributed by atoms with Crippen LogP contribution in [0.5, 0.6) is 0 Å². The van der Waals surface area contributed by atoms with Gasteiger partial charge >= 0.3 is 23.1 Å². The van der Waals surface area contributed by atoms with Gasteiger partial charge in [-0.25, -0.2) is 0 Å². The molecule has 8 nitrogen and oxygen atoms in total. The van der Waals surface area contributed by atoms with Gasteiger partial charge in [-0.1, -0.05) is 0 Å². The zero-order chi connectivity index (χ0) is 9.15. The van der Waals surface area contributed by atoms with Crippen LogP contribution >= 0.6 is 0 Å². The fourth-order valence-corrected chi connectivity index (χ4v) is 0. The van der Waals surface area contributed by atoms with E-state index >= 15 is 0 Å². The summed E-state index contributed by atoms with van der Waals surface area (Å²) < 4.78 is 0. The minimum atomic E-state index is -2.08. The molecule has 0 saturated heterocycles. The quantitative estimate of drug-likeness (QED) is 0.179. The van der Waals surface area contributed by atoms with Crippen LogP contribution in [0.4, 0.5) is 9.59 Å². The Balaban J connectivity index is -0.0000000339. The molecule has 62 valence electrons. The zero-order valence-corrected chi connectivity index (χ0v) is 6.54. The van der Waals surface area contributed by atoms with Crippen molar-refractivity contribution in [2.24, 2.45) is 0 Å². The molecule has 0 bridgehead atoms. The van der Waals surface area contributed by atoms with Crippen molar-refractivity contribution in [1.29, 1.82) is 0 Å². The third-order valence-corrected chi connectivity index (χ3v) is 0. The molecule has 0 aromatic rings. The van der Waals surface area contributed by atoms with Crippen LogP contribution in [0.25, 0.3) is 0 Å². The van der Waals surface area contributed by atoms with Crippen LogP contribution in [0.2, 0.25) is 0 Å². The van der Waals surface area contributed by atoms with Gasteiger partial charge in [0, 0.05) is 0 Å². The first-order valence-electron chi connectivity index (χ1n) is 1.46. The summed E-state index contributed by atoms with van der Waals surface area (Å²) in [5, 5.41) is 42.6. The zero-order valence-electron chi connectivity index (χ0n) is 5.13. The van der Waals surface area contributed by atoms with Crippen LogP contribution < -0.4 is 10.2 Å². The summed E-state index contributed by atoms with van der Waals surface area (Å²) in [7, 11) is 0. The van der Waals surface area contributed by atoms with Crippen molar-refractivity contribution in [1.82, 2.24) is 0 Å². The molecule has 0 aliphatic carbocycles. The maximum Gasteiger partial charge on any atom is 2.00 e. The molecule has 0 aliphatic heterocycles. The van der Waals surface area contributed by atoms with Gasteiger partial charge in [0.05, 0.1) is 0 Å². The van der Waals surface area contributed by atoms with Gasteiger partial charge in [-0.15, -0.1) is 0 Å². The summed E-state index contributed by atoms with van der Waals surface area (Å²) in [4.78, 5) is 16.9. The summed E-state index contributed by atoms with van der Waals surface area (Å²) >= 11 is 0. The maximum atomic E-state index is 8.44. The van der Waals surface area contributed by atoms with Crippen LogP contribution in [-0.4, -0.2) is 56.1 Å². The van der Waals surface area contributed by atoms with Crippen LogP contribution in [0.15, 0.2) is 0 Å². The molecule has 0 rings (SSSR count). The van der Waals surface area contributed by atoms with E-state index in [0.717, 1.165) is 0 Å². The summed E-state index contributed by atoms with van der Waals surface area (Å²) in [5.41, 5.74) is 0. The third-order valence-electron chi connectivity index (χ3n) is 0. The maximum absolute atomic E-state index is 8.44. The molecular weight excluding hydrogens is 176 g/mol. The minimum absolute atomic E-state index is 0. The molecule has 9 heteroatoms. The van der Waals surface area contributed by atoms with E-state index < -0.39 is 12.3 Å². The Morgan fingerprint density at radius 2 is 0.909 bits per heavy atom. The molecule has 0 amide bonds. The molecule has 0 spiro atoms. The molecule has 0 aromatic heterocycles. The van der Waals surface area contributed by atoms with Crippen molar-refractivity contribution >= 4 is 35.4 Å². The van der Waals surface area contributed by atoms with Gasteiger partial charge in [-0.2, -0.15) is 0 Å². The Morgan fingerprint density at radius 3 is 0.909 bits per heavy atom. The second kappa shape index (κ2) is 22.9.